The van der Waals surface area contributed by atoms with Crippen molar-refractivity contribution < 1.29 is 28.9 Å². The van der Waals surface area contributed by atoms with Crippen molar-refractivity contribution in [2.75, 3.05) is 61.1 Å². The fraction of sp³-hybridized carbons (Fsp3) is 0.724. The van der Waals surface area contributed by atoms with Crippen molar-refractivity contribution in [1.82, 2.24) is 14.7 Å². The van der Waals surface area contributed by atoms with Crippen LogP contribution in [-0.2, 0) is 16.0 Å². The molecule has 1 aromatic rings. The van der Waals surface area contributed by atoms with Crippen LogP contribution in [0.25, 0.3) is 0 Å². The van der Waals surface area contributed by atoms with E-state index >= 15 is 0 Å². The number of carboxylic acid groups (broad SMARTS) is 1. The average molecular weight is 532 g/mol. The predicted octanol–water partition coefficient (Wildman–Crippen LogP) is 3.90. The molecular formula is C29H45N3O6. The number of fused-ring (bicyclic) bond motifs is 3. The summed E-state index contributed by atoms with van der Waals surface area (Å²) < 4.78 is 17.1. The molecule has 0 radical (unpaired) electrons. The topological polar surface area (TPSA) is 91.8 Å². The van der Waals surface area contributed by atoms with Crippen molar-refractivity contribution >= 4 is 12.1 Å². The van der Waals surface area contributed by atoms with E-state index in [2.05, 4.69) is 30.9 Å². The van der Waals surface area contributed by atoms with Crippen molar-refractivity contribution in [2.24, 2.45) is 17.8 Å². The van der Waals surface area contributed by atoms with Gasteiger partial charge in [0.2, 0.25) is 0 Å². The lowest BCUT2D eigenvalue weighted by Gasteiger charge is -2.47. The zero-order valence-electron chi connectivity index (χ0n) is 23.9. The molecule has 1 N–H and O–H groups in total. The number of hydrogen-bond acceptors (Lipinski definition) is 7. The molecule has 2 saturated heterocycles. The maximum atomic E-state index is 13.1. The number of piperidine rings is 2. The van der Waals surface area contributed by atoms with Crippen LogP contribution in [0.4, 0.5) is 4.79 Å². The second-order valence-electron chi connectivity index (χ2n) is 11.8. The first-order valence-corrected chi connectivity index (χ1v) is 13.9. The summed E-state index contributed by atoms with van der Waals surface area (Å²) in [6, 6.07) is 4.50. The van der Waals surface area contributed by atoms with Gasteiger partial charge in [0.05, 0.1) is 20.8 Å². The van der Waals surface area contributed by atoms with E-state index in [-0.39, 0.29) is 18.1 Å². The van der Waals surface area contributed by atoms with Gasteiger partial charge in [-0.2, -0.15) is 0 Å². The van der Waals surface area contributed by atoms with Gasteiger partial charge in [0, 0.05) is 32.2 Å². The monoisotopic (exact) mass is 531 g/mol. The maximum absolute atomic E-state index is 13.1. The Balaban J connectivity index is 1.45. The summed E-state index contributed by atoms with van der Waals surface area (Å²) in [6.45, 7) is 7.67. The van der Waals surface area contributed by atoms with E-state index in [0.717, 1.165) is 43.9 Å². The summed E-state index contributed by atoms with van der Waals surface area (Å²) in [7, 11) is 6.93. The lowest BCUT2D eigenvalue weighted by Crippen LogP contribution is -2.58. The molecule has 212 valence electrons. The molecule has 3 aliphatic rings. The van der Waals surface area contributed by atoms with Crippen LogP contribution in [0.5, 0.6) is 11.5 Å². The third-order valence-electron chi connectivity index (χ3n) is 9.07. The van der Waals surface area contributed by atoms with Gasteiger partial charge in [-0.15, -0.1) is 0 Å². The number of amides is 1. The SMILES string of the molecule is COc1cc2c(cc1OC)C1CC(COC(=O)N3CCC(C(=O)O)(N(C)C)CC3)C(CC(C)C)CN1CC2. The molecule has 1 aromatic carbocycles. The van der Waals surface area contributed by atoms with Gasteiger partial charge in [0.15, 0.2) is 11.5 Å². The van der Waals surface area contributed by atoms with Crippen molar-refractivity contribution in [1.29, 1.82) is 0 Å². The first-order valence-electron chi connectivity index (χ1n) is 13.9. The van der Waals surface area contributed by atoms with E-state index in [1.54, 1.807) is 38.1 Å². The first-order chi connectivity index (χ1) is 18.1. The Hall–Kier alpha value is -2.52. The van der Waals surface area contributed by atoms with Gasteiger partial charge in [0.25, 0.3) is 0 Å². The van der Waals surface area contributed by atoms with E-state index in [1.165, 1.54) is 11.1 Å². The summed E-state index contributed by atoms with van der Waals surface area (Å²) in [4.78, 5) is 31.0. The van der Waals surface area contributed by atoms with Crippen molar-refractivity contribution in [3.63, 3.8) is 0 Å². The number of nitrogens with zero attached hydrogens (tertiary/aromatic N) is 3. The first kappa shape index (κ1) is 28.5. The zero-order valence-corrected chi connectivity index (χ0v) is 23.9. The number of methoxy groups -OCH3 is 2. The molecule has 3 atom stereocenters. The summed E-state index contributed by atoms with van der Waals surface area (Å²) in [5.41, 5.74) is 1.67. The highest BCUT2D eigenvalue weighted by Gasteiger charge is 2.45. The number of hydrogen-bond donors (Lipinski definition) is 1. The minimum atomic E-state index is -0.927. The summed E-state index contributed by atoms with van der Waals surface area (Å²) in [5.74, 6) is 1.96. The largest absolute Gasteiger partial charge is 0.493 e. The van der Waals surface area contributed by atoms with Crippen LogP contribution >= 0.6 is 0 Å². The van der Waals surface area contributed by atoms with E-state index in [0.29, 0.717) is 44.4 Å². The molecule has 0 aliphatic carbocycles. The fourth-order valence-electron chi connectivity index (χ4n) is 6.76. The molecule has 9 nitrogen and oxygen atoms in total. The van der Waals surface area contributed by atoms with Crippen LogP contribution in [0, 0.1) is 17.8 Å². The highest BCUT2D eigenvalue weighted by molar-refractivity contribution is 5.79. The average Bonchev–Trinajstić information content (AvgIpc) is 2.90. The third kappa shape index (κ3) is 5.59. The summed E-state index contributed by atoms with van der Waals surface area (Å²) >= 11 is 0. The molecule has 3 heterocycles. The number of likely N-dealkylation sites (N-methyl/N-ethyl adjacent to an activating group) is 1. The molecule has 9 heteroatoms. The number of carbonyl (C=O) groups is 2. The number of benzene rings is 1. The Labute approximate surface area is 227 Å². The molecule has 3 aliphatic heterocycles. The summed E-state index contributed by atoms with van der Waals surface area (Å²) in [6.07, 6.45) is 3.46. The van der Waals surface area contributed by atoms with Crippen LogP contribution in [-0.4, -0.2) is 98.5 Å². The van der Waals surface area contributed by atoms with Gasteiger partial charge in [0.1, 0.15) is 5.54 Å². The highest BCUT2D eigenvalue weighted by Crippen LogP contribution is 2.45. The number of carboxylic acids is 1. The van der Waals surface area contributed by atoms with Gasteiger partial charge in [-0.25, -0.2) is 4.79 Å². The molecule has 38 heavy (non-hydrogen) atoms. The summed E-state index contributed by atoms with van der Waals surface area (Å²) in [5, 5.41) is 9.79. The van der Waals surface area contributed by atoms with Crippen LogP contribution in [0.15, 0.2) is 12.1 Å². The van der Waals surface area contributed by atoms with Gasteiger partial charge in [-0.3, -0.25) is 14.6 Å². The zero-order chi connectivity index (χ0) is 27.6. The van der Waals surface area contributed by atoms with Gasteiger partial charge in [-0.1, -0.05) is 13.8 Å². The second-order valence-corrected chi connectivity index (χ2v) is 11.8. The smallest absolute Gasteiger partial charge is 0.409 e. The lowest BCUT2D eigenvalue weighted by atomic mass is 9.74. The van der Waals surface area contributed by atoms with Gasteiger partial charge >= 0.3 is 12.1 Å². The third-order valence-corrected chi connectivity index (χ3v) is 9.07. The second kappa shape index (κ2) is 11.7. The molecule has 4 rings (SSSR count). The Kier molecular flexibility index (Phi) is 8.77. The quantitative estimate of drug-likeness (QED) is 0.540. The van der Waals surface area contributed by atoms with E-state index in [9.17, 15) is 14.7 Å². The van der Waals surface area contributed by atoms with Crippen LogP contribution in [0.1, 0.15) is 56.7 Å². The van der Waals surface area contributed by atoms with E-state index < -0.39 is 11.5 Å². The molecule has 1 amide bonds. The fourth-order valence-corrected chi connectivity index (χ4v) is 6.76. The predicted molar refractivity (Wildman–Crippen MR) is 145 cm³/mol. The highest BCUT2D eigenvalue weighted by atomic mass is 16.6. The Morgan fingerprint density at radius 1 is 1.08 bits per heavy atom. The van der Waals surface area contributed by atoms with Crippen LogP contribution in [0.2, 0.25) is 0 Å². The van der Waals surface area contributed by atoms with Crippen molar-refractivity contribution in [2.45, 2.75) is 57.5 Å². The minimum absolute atomic E-state index is 0.256. The Bertz CT molecular complexity index is 1000. The van der Waals surface area contributed by atoms with Crippen molar-refractivity contribution in [3.8, 4) is 11.5 Å². The molecular weight excluding hydrogens is 486 g/mol. The number of rotatable bonds is 8. The maximum Gasteiger partial charge on any atom is 0.409 e. The number of aliphatic carboxylic acids is 1. The number of ether oxygens (including phenoxy) is 3. The standard InChI is InChI=1S/C29H45N3O6/c1-19(2)13-21-17-32-10-7-20-15-25(36-5)26(37-6)16-23(20)24(32)14-22(21)18-38-28(35)31-11-8-29(9-12-31,27(33)34)30(3)4/h15-16,19,21-22,24H,7-14,17-18H2,1-6H3,(H,33,34). The molecule has 0 spiro atoms. The number of likely N-dealkylation sites (tertiary alicyclic amines) is 1. The lowest BCUT2D eigenvalue weighted by molar-refractivity contribution is -0.153. The minimum Gasteiger partial charge on any atom is -0.493 e. The van der Waals surface area contributed by atoms with E-state index in [4.69, 9.17) is 14.2 Å². The Morgan fingerprint density at radius 3 is 2.32 bits per heavy atom. The number of carbonyl (C=O) groups excluding carboxylic acids is 1. The molecule has 0 bridgehead atoms. The Morgan fingerprint density at radius 2 is 1.74 bits per heavy atom. The van der Waals surface area contributed by atoms with Crippen molar-refractivity contribution in [3.05, 3.63) is 23.3 Å². The molecule has 3 unspecified atom stereocenters. The van der Waals surface area contributed by atoms with Gasteiger partial charge in [-0.05, 0) is 87.2 Å². The van der Waals surface area contributed by atoms with Crippen LogP contribution < -0.4 is 9.47 Å². The normalized spacial score (nSPS) is 25.1. The molecule has 0 saturated carbocycles. The molecule has 2 fully saturated rings. The molecule has 0 aromatic heterocycles. The van der Waals surface area contributed by atoms with E-state index in [1.807, 2.05) is 0 Å². The van der Waals surface area contributed by atoms with Gasteiger partial charge < -0.3 is 24.2 Å². The van der Waals surface area contributed by atoms with Crippen LogP contribution in [0.3, 0.4) is 0 Å².